The van der Waals surface area contributed by atoms with Crippen LogP contribution >= 0.6 is 0 Å². The van der Waals surface area contributed by atoms with Crippen LogP contribution in [0.15, 0.2) is 0 Å². The summed E-state index contributed by atoms with van der Waals surface area (Å²) in [6.07, 6.45) is -1.36. The van der Waals surface area contributed by atoms with Crippen molar-refractivity contribution < 1.29 is 10.2 Å². The van der Waals surface area contributed by atoms with Crippen molar-refractivity contribution in [3.63, 3.8) is 0 Å². The van der Waals surface area contributed by atoms with E-state index in [1.54, 1.807) is 13.8 Å². The summed E-state index contributed by atoms with van der Waals surface area (Å²) < 4.78 is 0. The van der Waals surface area contributed by atoms with Gasteiger partial charge >= 0.3 is 0 Å². The predicted octanol–water partition coefficient (Wildman–Crippen LogP) is -0.677. The minimum atomic E-state index is -0.685. The van der Waals surface area contributed by atoms with Gasteiger partial charge < -0.3 is 15.9 Å². The largest absolute Gasteiger partial charge is 0.391 e. The molecule has 56 valence electrons. The summed E-state index contributed by atoms with van der Waals surface area (Å²) >= 11 is 0. The molecule has 0 rings (SSSR count). The average molecular weight is 133 g/mol. The van der Waals surface area contributed by atoms with E-state index in [4.69, 9.17) is 15.9 Å². The van der Waals surface area contributed by atoms with Crippen molar-refractivity contribution in [2.75, 3.05) is 6.54 Å². The van der Waals surface area contributed by atoms with Gasteiger partial charge in [0.25, 0.3) is 0 Å². The average Bonchev–Trinajstić information content (AvgIpc) is 1.84. The van der Waals surface area contributed by atoms with Gasteiger partial charge in [0.1, 0.15) is 0 Å². The quantitative estimate of drug-likeness (QED) is 0.478. The summed E-state index contributed by atoms with van der Waals surface area (Å²) in [5.74, 6) is -0.0231. The molecule has 0 saturated heterocycles. The zero-order valence-electron chi connectivity index (χ0n) is 5.91. The van der Waals surface area contributed by atoms with Crippen LogP contribution < -0.4 is 5.73 Å². The van der Waals surface area contributed by atoms with Crippen LogP contribution in [-0.2, 0) is 0 Å². The molecule has 0 heterocycles. The monoisotopic (exact) mass is 133 g/mol. The highest BCUT2D eigenvalue weighted by molar-refractivity contribution is 4.69. The molecule has 0 aliphatic carbocycles. The van der Waals surface area contributed by atoms with Crippen LogP contribution in [0.4, 0.5) is 0 Å². The molecule has 0 aromatic heterocycles. The molecule has 3 unspecified atom stereocenters. The molecule has 3 nitrogen and oxygen atoms in total. The first-order valence-corrected chi connectivity index (χ1v) is 3.15. The van der Waals surface area contributed by atoms with E-state index in [1.807, 2.05) is 0 Å². The second-order valence-electron chi connectivity index (χ2n) is 2.44. The summed E-state index contributed by atoms with van der Waals surface area (Å²) in [5.41, 5.74) is 5.24. The van der Waals surface area contributed by atoms with Gasteiger partial charge in [0.15, 0.2) is 0 Å². The molecule has 0 aromatic carbocycles. The van der Waals surface area contributed by atoms with Crippen molar-refractivity contribution >= 4 is 0 Å². The smallest absolute Gasteiger partial charge is 0.0833 e. The van der Waals surface area contributed by atoms with Crippen LogP contribution in [0.3, 0.4) is 0 Å². The number of hydrogen-bond donors (Lipinski definition) is 3. The number of hydrogen-bond acceptors (Lipinski definition) is 3. The molecule has 0 radical (unpaired) electrons. The Morgan fingerprint density at radius 1 is 1.33 bits per heavy atom. The molecule has 0 bridgehead atoms. The van der Waals surface area contributed by atoms with Crippen LogP contribution in [0.25, 0.3) is 0 Å². The van der Waals surface area contributed by atoms with Crippen molar-refractivity contribution in [1.82, 2.24) is 0 Å². The lowest BCUT2D eigenvalue weighted by atomic mass is 10.0. The van der Waals surface area contributed by atoms with Crippen molar-refractivity contribution in [2.24, 2.45) is 11.7 Å². The first-order valence-electron chi connectivity index (χ1n) is 3.15. The Balaban J connectivity index is 3.58. The maximum absolute atomic E-state index is 9.06. The summed E-state index contributed by atoms with van der Waals surface area (Å²) in [4.78, 5) is 0. The lowest BCUT2D eigenvalue weighted by molar-refractivity contribution is 0.000250. The topological polar surface area (TPSA) is 66.5 Å². The van der Waals surface area contributed by atoms with E-state index in [0.29, 0.717) is 6.54 Å². The second kappa shape index (κ2) is 3.82. The van der Waals surface area contributed by atoms with Gasteiger partial charge in [-0.25, -0.2) is 0 Å². The lowest BCUT2D eigenvalue weighted by Crippen LogP contribution is -2.33. The van der Waals surface area contributed by atoms with E-state index in [9.17, 15) is 0 Å². The fourth-order valence-electron chi connectivity index (χ4n) is 0.615. The standard InChI is InChI=1S/C6H15NO2/c1-4(3-7)6(9)5(2)8/h4-6,8-9H,3,7H2,1-2H3. The highest BCUT2D eigenvalue weighted by atomic mass is 16.3. The third-order valence-corrected chi connectivity index (χ3v) is 1.45. The van der Waals surface area contributed by atoms with Gasteiger partial charge in [-0.1, -0.05) is 6.92 Å². The fraction of sp³-hybridized carbons (Fsp3) is 1.00. The second-order valence-corrected chi connectivity index (χ2v) is 2.44. The maximum atomic E-state index is 9.06. The molecule has 4 N–H and O–H groups in total. The van der Waals surface area contributed by atoms with Gasteiger partial charge in [-0.2, -0.15) is 0 Å². The van der Waals surface area contributed by atoms with Gasteiger partial charge in [-0.3, -0.25) is 0 Å². The Labute approximate surface area is 55.5 Å². The zero-order valence-corrected chi connectivity index (χ0v) is 5.91. The van der Waals surface area contributed by atoms with E-state index < -0.39 is 12.2 Å². The van der Waals surface area contributed by atoms with Gasteiger partial charge in [0.05, 0.1) is 12.2 Å². The molecule has 0 amide bonds. The Kier molecular flexibility index (Phi) is 3.77. The molecule has 3 atom stereocenters. The molecule has 0 aromatic rings. The Morgan fingerprint density at radius 3 is 1.89 bits per heavy atom. The predicted molar refractivity (Wildman–Crippen MR) is 35.9 cm³/mol. The molecule has 0 aliphatic heterocycles. The minimum absolute atomic E-state index is 0.0231. The minimum Gasteiger partial charge on any atom is -0.391 e. The molecular weight excluding hydrogens is 118 g/mol. The van der Waals surface area contributed by atoms with Crippen LogP contribution in [0.2, 0.25) is 0 Å². The van der Waals surface area contributed by atoms with E-state index in [1.165, 1.54) is 0 Å². The first kappa shape index (κ1) is 8.88. The Morgan fingerprint density at radius 2 is 1.78 bits per heavy atom. The summed E-state index contributed by atoms with van der Waals surface area (Å²) in [7, 11) is 0. The van der Waals surface area contributed by atoms with Crippen molar-refractivity contribution in [2.45, 2.75) is 26.1 Å². The molecule has 0 spiro atoms. The number of rotatable bonds is 3. The van der Waals surface area contributed by atoms with Crippen molar-refractivity contribution in [3.05, 3.63) is 0 Å². The molecule has 0 saturated carbocycles. The van der Waals surface area contributed by atoms with Crippen LogP contribution in [0.1, 0.15) is 13.8 Å². The van der Waals surface area contributed by atoms with E-state index in [-0.39, 0.29) is 5.92 Å². The molecule has 0 aliphatic rings. The van der Waals surface area contributed by atoms with Crippen LogP contribution in [-0.4, -0.2) is 29.0 Å². The molecule has 3 heteroatoms. The zero-order chi connectivity index (χ0) is 7.44. The van der Waals surface area contributed by atoms with Gasteiger partial charge in [-0.15, -0.1) is 0 Å². The van der Waals surface area contributed by atoms with E-state index >= 15 is 0 Å². The first-order chi connectivity index (χ1) is 4.09. The Hall–Kier alpha value is -0.120. The van der Waals surface area contributed by atoms with Gasteiger partial charge in [0, 0.05) is 0 Å². The lowest BCUT2D eigenvalue weighted by Gasteiger charge is -2.18. The molecule has 0 fully saturated rings. The summed E-state index contributed by atoms with van der Waals surface area (Å²) in [6.45, 7) is 3.76. The fourth-order valence-corrected chi connectivity index (χ4v) is 0.615. The number of aliphatic hydroxyl groups excluding tert-OH is 2. The number of aliphatic hydroxyl groups is 2. The maximum Gasteiger partial charge on any atom is 0.0833 e. The Bertz CT molecular complexity index is 75.5. The molecular formula is C6H15NO2. The van der Waals surface area contributed by atoms with Gasteiger partial charge in [-0.05, 0) is 19.4 Å². The molecule has 9 heavy (non-hydrogen) atoms. The van der Waals surface area contributed by atoms with Crippen molar-refractivity contribution in [1.29, 1.82) is 0 Å². The third-order valence-electron chi connectivity index (χ3n) is 1.45. The normalized spacial score (nSPS) is 21.0. The van der Waals surface area contributed by atoms with Gasteiger partial charge in [0.2, 0.25) is 0 Å². The number of nitrogens with two attached hydrogens (primary N) is 1. The summed E-state index contributed by atoms with van der Waals surface area (Å²) in [5, 5.41) is 17.9. The van der Waals surface area contributed by atoms with E-state index in [2.05, 4.69) is 0 Å². The van der Waals surface area contributed by atoms with Crippen LogP contribution in [0.5, 0.6) is 0 Å². The van der Waals surface area contributed by atoms with E-state index in [0.717, 1.165) is 0 Å². The van der Waals surface area contributed by atoms with Crippen molar-refractivity contribution in [3.8, 4) is 0 Å². The van der Waals surface area contributed by atoms with Crippen LogP contribution in [0, 0.1) is 5.92 Å². The highest BCUT2D eigenvalue weighted by Gasteiger charge is 2.16. The summed E-state index contributed by atoms with van der Waals surface area (Å²) in [6, 6.07) is 0. The highest BCUT2D eigenvalue weighted by Crippen LogP contribution is 2.04. The SMILES string of the molecule is CC(O)C(O)C(C)CN. The third kappa shape index (κ3) is 2.79.